The smallest absolute Gasteiger partial charge is 0.287 e. The van der Waals surface area contributed by atoms with E-state index in [1.807, 2.05) is 24.3 Å². The van der Waals surface area contributed by atoms with Crippen molar-refractivity contribution < 1.29 is 4.74 Å². The van der Waals surface area contributed by atoms with Gasteiger partial charge in [-0.3, -0.25) is 4.79 Å². The van der Waals surface area contributed by atoms with Crippen molar-refractivity contribution >= 4 is 23.2 Å². The van der Waals surface area contributed by atoms with Crippen molar-refractivity contribution in [3.05, 3.63) is 56.4 Å². The summed E-state index contributed by atoms with van der Waals surface area (Å²) in [6, 6.07) is 7.39. The van der Waals surface area contributed by atoms with Gasteiger partial charge in [0.1, 0.15) is 10.8 Å². The van der Waals surface area contributed by atoms with E-state index in [0.717, 1.165) is 5.56 Å². The number of aromatic nitrogens is 2. The van der Waals surface area contributed by atoms with Crippen LogP contribution in [0.25, 0.3) is 0 Å². The highest BCUT2D eigenvalue weighted by atomic mass is 35.5. The van der Waals surface area contributed by atoms with Gasteiger partial charge in [-0.25, -0.2) is 4.68 Å². The lowest BCUT2D eigenvalue weighted by molar-refractivity contribution is 0.406. The second-order valence-electron chi connectivity index (χ2n) is 3.58. The molecule has 4 nitrogen and oxygen atoms in total. The lowest BCUT2D eigenvalue weighted by Crippen LogP contribution is -2.23. The van der Waals surface area contributed by atoms with Gasteiger partial charge in [0.2, 0.25) is 0 Å². The molecule has 0 spiro atoms. The molecule has 0 amide bonds. The molecule has 6 heteroatoms. The van der Waals surface area contributed by atoms with E-state index in [9.17, 15) is 4.79 Å². The molecule has 0 aliphatic heterocycles. The van der Waals surface area contributed by atoms with Crippen LogP contribution >= 0.6 is 23.2 Å². The normalized spacial score (nSPS) is 10.4. The minimum atomic E-state index is -0.421. The Morgan fingerprint density at radius 1 is 1.33 bits per heavy atom. The molecule has 0 radical (unpaired) electrons. The maximum Gasteiger partial charge on any atom is 0.287 e. The Morgan fingerprint density at radius 2 is 2.06 bits per heavy atom. The van der Waals surface area contributed by atoms with Gasteiger partial charge in [-0.1, -0.05) is 41.4 Å². The van der Waals surface area contributed by atoms with Crippen molar-refractivity contribution in [2.75, 3.05) is 7.11 Å². The number of rotatable bonds is 3. The summed E-state index contributed by atoms with van der Waals surface area (Å²) < 4.78 is 6.45. The van der Waals surface area contributed by atoms with E-state index in [4.69, 9.17) is 27.9 Å². The number of methoxy groups -OCH3 is 1. The van der Waals surface area contributed by atoms with E-state index in [2.05, 4.69) is 5.10 Å². The number of ether oxygens (including phenoxy) is 1. The largest absolute Gasteiger partial charge is 0.496 e. The molecule has 18 heavy (non-hydrogen) atoms. The van der Waals surface area contributed by atoms with Gasteiger partial charge in [0.15, 0.2) is 0 Å². The second kappa shape index (κ2) is 5.42. The van der Waals surface area contributed by atoms with E-state index in [-0.39, 0.29) is 16.6 Å². The minimum Gasteiger partial charge on any atom is -0.496 e. The van der Waals surface area contributed by atoms with Gasteiger partial charge < -0.3 is 4.74 Å². The molecule has 0 N–H and O–H groups in total. The molecule has 0 bridgehead atoms. The Kier molecular flexibility index (Phi) is 3.89. The fraction of sp³-hybridized carbons (Fsp3) is 0.167. The van der Waals surface area contributed by atoms with Crippen LogP contribution in [0.5, 0.6) is 5.75 Å². The van der Waals surface area contributed by atoms with Crippen LogP contribution in [-0.2, 0) is 6.54 Å². The molecule has 0 saturated heterocycles. The average Bonchev–Trinajstić information content (AvgIpc) is 2.40. The minimum absolute atomic E-state index is 0.0263. The highest BCUT2D eigenvalue weighted by Crippen LogP contribution is 2.19. The first kappa shape index (κ1) is 12.9. The van der Waals surface area contributed by atoms with Crippen molar-refractivity contribution in [3.8, 4) is 5.75 Å². The van der Waals surface area contributed by atoms with Gasteiger partial charge in [-0.15, -0.1) is 0 Å². The Balaban J connectivity index is 2.41. The summed E-state index contributed by atoms with van der Waals surface area (Å²) in [5, 5.41) is 4.07. The van der Waals surface area contributed by atoms with E-state index in [0.29, 0.717) is 5.75 Å². The maximum absolute atomic E-state index is 11.8. The molecule has 1 heterocycles. The highest BCUT2D eigenvalue weighted by molar-refractivity contribution is 6.41. The Bertz CT molecular complexity index is 626. The van der Waals surface area contributed by atoms with Crippen molar-refractivity contribution in [2.45, 2.75) is 6.54 Å². The van der Waals surface area contributed by atoms with Crippen LogP contribution in [-0.4, -0.2) is 16.9 Å². The predicted octanol–water partition coefficient (Wildman–Crippen LogP) is 2.61. The molecule has 0 fully saturated rings. The van der Waals surface area contributed by atoms with E-state index < -0.39 is 5.56 Å². The third-order valence-corrected chi connectivity index (χ3v) is 3.20. The van der Waals surface area contributed by atoms with Crippen LogP contribution < -0.4 is 10.3 Å². The van der Waals surface area contributed by atoms with Gasteiger partial charge in [-0.2, -0.15) is 5.10 Å². The lowest BCUT2D eigenvalue weighted by atomic mass is 10.2. The molecule has 2 rings (SSSR count). The molecular weight excluding hydrogens is 275 g/mol. The third kappa shape index (κ3) is 2.49. The number of benzene rings is 1. The molecule has 2 aromatic rings. The molecule has 1 aromatic carbocycles. The molecule has 0 unspecified atom stereocenters. The summed E-state index contributed by atoms with van der Waals surface area (Å²) in [5.41, 5.74) is 0.420. The van der Waals surface area contributed by atoms with Crippen LogP contribution in [0.15, 0.2) is 35.3 Å². The standard InChI is InChI=1S/C12H10Cl2N2O2/c1-18-10-5-3-2-4-8(10)7-16-12(17)11(14)9(13)6-15-16/h2-6H,7H2,1H3. The van der Waals surface area contributed by atoms with Crippen LogP contribution in [0, 0.1) is 0 Å². The van der Waals surface area contributed by atoms with E-state index >= 15 is 0 Å². The van der Waals surface area contributed by atoms with Gasteiger partial charge in [-0.05, 0) is 6.07 Å². The monoisotopic (exact) mass is 284 g/mol. The first-order chi connectivity index (χ1) is 8.63. The maximum atomic E-state index is 11.8. The molecule has 0 atom stereocenters. The predicted molar refractivity (Wildman–Crippen MR) is 70.6 cm³/mol. The van der Waals surface area contributed by atoms with Crippen LogP contribution in [0.1, 0.15) is 5.56 Å². The Morgan fingerprint density at radius 3 is 2.78 bits per heavy atom. The van der Waals surface area contributed by atoms with Crippen molar-refractivity contribution in [3.63, 3.8) is 0 Å². The highest BCUT2D eigenvalue weighted by Gasteiger charge is 2.09. The summed E-state index contributed by atoms with van der Waals surface area (Å²) in [6.45, 7) is 0.278. The van der Waals surface area contributed by atoms with Gasteiger partial charge in [0.05, 0.1) is 24.9 Å². The first-order valence-corrected chi connectivity index (χ1v) is 5.92. The lowest BCUT2D eigenvalue weighted by Gasteiger charge is -2.09. The van der Waals surface area contributed by atoms with Gasteiger partial charge in [0, 0.05) is 5.56 Å². The Hall–Kier alpha value is -1.52. The van der Waals surface area contributed by atoms with Crippen molar-refractivity contribution in [1.82, 2.24) is 9.78 Å². The Labute approximate surface area is 114 Å². The quantitative estimate of drug-likeness (QED) is 0.870. The van der Waals surface area contributed by atoms with Crippen LogP contribution in [0.2, 0.25) is 10.0 Å². The summed E-state index contributed by atoms with van der Waals surface area (Å²) >= 11 is 11.5. The fourth-order valence-electron chi connectivity index (χ4n) is 1.55. The van der Waals surface area contributed by atoms with Gasteiger partial charge in [0.25, 0.3) is 5.56 Å². The SMILES string of the molecule is COc1ccccc1Cn1ncc(Cl)c(Cl)c1=O. The topological polar surface area (TPSA) is 44.1 Å². The van der Waals surface area contributed by atoms with E-state index in [1.54, 1.807) is 7.11 Å². The molecule has 0 aliphatic carbocycles. The number of halogens is 2. The summed E-state index contributed by atoms with van der Waals surface area (Å²) in [7, 11) is 1.57. The zero-order chi connectivity index (χ0) is 13.1. The fourth-order valence-corrected chi connectivity index (χ4v) is 1.82. The number of nitrogens with zero attached hydrogens (tertiary/aromatic N) is 2. The summed E-state index contributed by atoms with van der Waals surface area (Å²) in [4.78, 5) is 11.8. The number of hydrogen-bond acceptors (Lipinski definition) is 3. The zero-order valence-corrected chi connectivity index (χ0v) is 11.1. The molecule has 0 saturated carbocycles. The first-order valence-electron chi connectivity index (χ1n) is 5.16. The third-order valence-electron chi connectivity index (χ3n) is 2.45. The van der Waals surface area contributed by atoms with Gasteiger partial charge >= 0.3 is 0 Å². The van der Waals surface area contributed by atoms with Crippen molar-refractivity contribution in [2.24, 2.45) is 0 Å². The zero-order valence-electron chi connectivity index (χ0n) is 9.56. The number of hydrogen-bond donors (Lipinski definition) is 0. The molecule has 1 aromatic heterocycles. The van der Waals surface area contributed by atoms with Crippen LogP contribution in [0.4, 0.5) is 0 Å². The van der Waals surface area contributed by atoms with Crippen LogP contribution in [0.3, 0.4) is 0 Å². The molecule has 94 valence electrons. The average molecular weight is 285 g/mol. The summed E-state index contributed by atoms with van der Waals surface area (Å²) in [5.74, 6) is 0.692. The summed E-state index contributed by atoms with van der Waals surface area (Å²) in [6.07, 6.45) is 1.35. The van der Waals surface area contributed by atoms with Crippen molar-refractivity contribution in [1.29, 1.82) is 0 Å². The molecule has 0 aliphatic rings. The molecular formula is C12H10Cl2N2O2. The van der Waals surface area contributed by atoms with E-state index in [1.165, 1.54) is 10.9 Å². The second-order valence-corrected chi connectivity index (χ2v) is 4.37. The number of para-hydroxylation sites is 1.